The smallest absolute Gasteiger partial charge is 0.131 e. The molecule has 2 rings (SSSR count). The van der Waals surface area contributed by atoms with E-state index in [4.69, 9.17) is 0 Å². The Morgan fingerprint density at radius 3 is 3.06 bits per heavy atom. The second-order valence-corrected chi connectivity index (χ2v) is 5.14. The van der Waals surface area contributed by atoms with Crippen LogP contribution in [0.25, 0.3) is 0 Å². The first-order valence-electron chi connectivity index (χ1n) is 6.18. The SMILES string of the molecule is C/C=C/CCNC(c1cccs1)c1nccn1C. The zero-order valence-corrected chi connectivity index (χ0v) is 11.7. The average Bonchev–Trinajstić information content (AvgIpc) is 3.01. The van der Waals surface area contributed by atoms with Gasteiger partial charge in [-0.3, -0.25) is 0 Å². The number of imidazole rings is 1. The number of nitrogens with one attached hydrogen (secondary N) is 1. The van der Waals surface area contributed by atoms with Crippen LogP contribution in [0.15, 0.2) is 42.1 Å². The van der Waals surface area contributed by atoms with E-state index in [0.717, 1.165) is 18.8 Å². The largest absolute Gasteiger partial charge is 0.336 e. The minimum atomic E-state index is 0.190. The number of nitrogens with zero attached hydrogens (tertiary/aromatic N) is 2. The van der Waals surface area contributed by atoms with Crippen LogP contribution in [0.4, 0.5) is 0 Å². The van der Waals surface area contributed by atoms with Gasteiger partial charge in [-0.15, -0.1) is 11.3 Å². The van der Waals surface area contributed by atoms with Crippen molar-refractivity contribution in [3.63, 3.8) is 0 Å². The molecule has 2 aromatic rings. The van der Waals surface area contributed by atoms with E-state index in [0.29, 0.717) is 0 Å². The number of hydrogen-bond donors (Lipinski definition) is 1. The second-order valence-electron chi connectivity index (χ2n) is 4.16. The molecule has 4 heteroatoms. The minimum Gasteiger partial charge on any atom is -0.336 e. The molecule has 1 atom stereocenters. The van der Waals surface area contributed by atoms with Gasteiger partial charge in [-0.2, -0.15) is 0 Å². The van der Waals surface area contributed by atoms with Gasteiger partial charge in [-0.1, -0.05) is 18.2 Å². The Hall–Kier alpha value is -1.39. The predicted octanol–water partition coefficient (Wildman–Crippen LogP) is 3.13. The maximum Gasteiger partial charge on any atom is 0.131 e. The highest BCUT2D eigenvalue weighted by molar-refractivity contribution is 7.10. The maximum atomic E-state index is 4.46. The molecule has 0 aliphatic heterocycles. The van der Waals surface area contributed by atoms with Gasteiger partial charge in [0.25, 0.3) is 0 Å². The van der Waals surface area contributed by atoms with Gasteiger partial charge >= 0.3 is 0 Å². The third kappa shape index (κ3) is 3.09. The Kier molecular flexibility index (Phi) is 4.73. The lowest BCUT2D eigenvalue weighted by Gasteiger charge is -2.16. The van der Waals surface area contributed by atoms with Gasteiger partial charge in [0.05, 0.1) is 0 Å². The molecule has 0 saturated carbocycles. The number of rotatable bonds is 6. The van der Waals surface area contributed by atoms with Crippen LogP contribution in [-0.2, 0) is 7.05 Å². The molecule has 3 nitrogen and oxygen atoms in total. The molecule has 0 fully saturated rings. The van der Waals surface area contributed by atoms with Gasteiger partial charge in [0.2, 0.25) is 0 Å². The van der Waals surface area contributed by atoms with E-state index in [1.54, 1.807) is 11.3 Å². The summed E-state index contributed by atoms with van der Waals surface area (Å²) in [6, 6.07) is 4.44. The first-order chi connectivity index (χ1) is 8.83. The number of aryl methyl sites for hydroxylation is 1. The molecule has 0 aliphatic rings. The van der Waals surface area contributed by atoms with Crippen molar-refractivity contribution in [2.75, 3.05) is 6.54 Å². The monoisotopic (exact) mass is 261 g/mol. The quantitative estimate of drug-likeness (QED) is 0.639. The first kappa shape index (κ1) is 13.1. The molecule has 2 aromatic heterocycles. The van der Waals surface area contributed by atoms with Crippen molar-refractivity contribution >= 4 is 11.3 Å². The highest BCUT2D eigenvalue weighted by Crippen LogP contribution is 2.24. The number of thiophene rings is 1. The van der Waals surface area contributed by atoms with Crippen molar-refractivity contribution in [1.29, 1.82) is 0 Å². The topological polar surface area (TPSA) is 29.9 Å². The number of aromatic nitrogens is 2. The predicted molar refractivity (Wildman–Crippen MR) is 76.8 cm³/mol. The Morgan fingerprint density at radius 2 is 2.44 bits per heavy atom. The molecular formula is C14H19N3S. The van der Waals surface area contributed by atoms with Crippen LogP contribution in [0.2, 0.25) is 0 Å². The van der Waals surface area contributed by atoms with Crippen LogP contribution in [-0.4, -0.2) is 16.1 Å². The van der Waals surface area contributed by atoms with E-state index in [9.17, 15) is 0 Å². The van der Waals surface area contributed by atoms with E-state index in [1.165, 1.54) is 4.88 Å². The third-order valence-electron chi connectivity index (χ3n) is 2.84. The van der Waals surface area contributed by atoms with Gasteiger partial charge in [-0.25, -0.2) is 4.98 Å². The van der Waals surface area contributed by atoms with Crippen molar-refractivity contribution in [2.24, 2.45) is 7.05 Å². The molecule has 2 heterocycles. The van der Waals surface area contributed by atoms with Gasteiger partial charge in [0, 0.05) is 24.3 Å². The molecule has 0 amide bonds. The molecule has 0 bridgehead atoms. The molecule has 1 unspecified atom stereocenters. The van der Waals surface area contributed by atoms with Crippen LogP contribution in [0, 0.1) is 0 Å². The van der Waals surface area contributed by atoms with Crippen molar-refractivity contribution in [1.82, 2.24) is 14.9 Å². The highest BCUT2D eigenvalue weighted by atomic mass is 32.1. The third-order valence-corrected chi connectivity index (χ3v) is 3.78. The van der Waals surface area contributed by atoms with Crippen molar-refractivity contribution in [2.45, 2.75) is 19.4 Å². The average molecular weight is 261 g/mol. The Balaban J connectivity index is 2.12. The Morgan fingerprint density at radius 1 is 1.56 bits per heavy atom. The van der Waals surface area contributed by atoms with Gasteiger partial charge in [-0.05, 0) is 31.3 Å². The summed E-state index contributed by atoms with van der Waals surface area (Å²) < 4.78 is 2.08. The zero-order chi connectivity index (χ0) is 12.8. The molecule has 0 saturated heterocycles. The van der Waals surface area contributed by atoms with Crippen LogP contribution < -0.4 is 5.32 Å². The van der Waals surface area contributed by atoms with Gasteiger partial charge in [0.15, 0.2) is 0 Å². The summed E-state index contributed by atoms with van der Waals surface area (Å²) in [6.07, 6.45) is 9.15. The summed E-state index contributed by atoms with van der Waals surface area (Å²) in [5.41, 5.74) is 0. The molecule has 0 radical (unpaired) electrons. The van der Waals surface area contributed by atoms with Crippen LogP contribution in [0.1, 0.15) is 30.1 Å². The Bertz CT molecular complexity index is 485. The molecule has 0 spiro atoms. The fourth-order valence-corrected chi connectivity index (χ4v) is 2.70. The Labute approximate surface area is 112 Å². The molecule has 96 valence electrons. The maximum absolute atomic E-state index is 4.46. The summed E-state index contributed by atoms with van der Waals surface area (Å²) in [4.78, 5) is 5.77. The van der Waals surface area contributed by atoms with E-state index in [2.05, 4.69) is 51.5 Å². The summed E-state index contributed by atoms with van der Waals surface area (Å²) in [6.45, 7) is 3.01. The zero-order valence-electron chi connectivity index (χ0n) is 10.8. The van der Waals surface area contributed by atoms with Gasteiger partial charge in [0.1, 0.15) is 11.9 Å². The standard InChI is InChI=1S/C14H19N3S/c1-3-4-5-8-15-13(12-7-6-11-18-12)14-16-9-10-17(14)2/h3-4,6-7,9-11,13,15H,5,8H2,1-2H3/b4-3+. The van der Waals surface area contributed by atoms with Crippen LogP contribution in [0.5, 0.6) is 0 Å². The van der Waals surface area contributed by atoms with E-state index in [-0.39, 0.29) is 6.04 Å². The molecular weight excluding hydrogens is 242 g/mol. The summed E-state index contributed by atoms with van der Waals surface area (Å²) >= 11 is 1.77. The van der Waals surface area contributed by atoms with E-state index < -0.39 is 0 Å². The van der Waals surface area contributed by atoms with E-state index in [1.807, 2.05) is 19.4 Å². The molecule has 0 aromatic carbocycles. The number of allylic oxidation sites excluding steroid dienone is 1. The normalized spacial score (nSPS) is 13.2. The second kappa shape index (κ2) is 6.52. The fraction of sp³-hybridized carbons (Fsp3) is 0.357. The van der Waals surface area contributed by atoms with E-state index >= 15 is 0 Å². The lowest BCUT2D eigenvalue weighted by atomic mass is 10.2. The van der Waals surface area contributed by atoms with Crippen LogP contribution in [0.3, 0.4) is 0 Å². The van der Waals surface area contributed by atoms with Crippen molar-refractivity contribution in [3.8, 4) is 0 Å². The van der Waals surface area contributed by atoms with Crippen molar-refractivity contribution < 1.29 is 0 Å². The van der Waals surface area contributed by atoms with Gasteiger partial charge < -0.3 is 9.88 Å². The minimum absolute atomic E-state index is 0.190. The van der Waals surface area contributed by atoms with Crippen molar-refractivity contribution in [3.05, 3.63) is 52.8 Å². The fourth-order valence-electron chi connectivity index (χ4n) is 1.91. The van der Waals surface area contributed by atoms with Crippen LogP contribution >= 0.6 is 11.3 Å². The lowest BCUT2D eigenvalue weighted by molar-refractivity contribution is 0.571. The summed E-state index contributed by atoms with van der Waals surface area (Å²) in [5, 5.41) is 5.69. The molecule has 18 heavy (non-hydrogen) atoms. The lowest BCUT2D eigenvalue weighted by Crippen LogP contribution is -2.25. The number of hydrogen-bond acceptors (Lipinski definition) is 3. The summed E-state index contributed by atoms with van der Waals surface area (Å²) in [7, 11) is 2.04. The molecule has 1 N–H and O–H groups in total. The molecule has 0 aliphatic carbocycles. The summed E-state index contributed by atoms with van der Waals surface area (Å²) in [5.74, 6) is 1.07. The first-order valence-corrected chi connectivity index (χ1v) is 7.06. The highest BCUT2D eigenvalue weighted by Gasteiger charge is 2.17.